The molecule has 0 aromatic heterocycles. The minimum absolute atomic E-state index is 0.125. The third kappa shape index (κ3) is 4.50. The van der Waals surface area contributed by atoms with Gasteiger partial charge in [-0.2, -0.15) is 26.3 Å². The Kier molecular flexibility index (Phi) is 5.13. The van der Waals surface area contributed by atoms with Crippen molar-refractivity contribution >= 4 is 22.1 Å². The van der Waals surface area contributed by atoms with Crippen LogP contribution in [0.5, 0.6) is 0 Å². The van der Waals surface area contributed by atoms with Gasteiger partial charge in [-0.3, -0.25) is 0 Å². The molecule has 0 spiro atoms. The molecule has 7 heteroatoms. The van der Waals surface area contributed by atoms with Crippen LogP contribution in [0.3, 0.4) is 0 Å². The summed E-state index contributed by atoms with van der Waals surface area (Å²) in [6.45, 7) is 0. The summed E-state index contributed by atoms with van der Waals surface area (Å²) in [5, 5.41) is 5.26. The van der Waals surface area contributed by atoms with E-state index in [0.717, 1.165) is 28.6 Å². The van der Waals surface area contributed by atoms with Gasteiger partial charge in [0.2, 0.25) is 0 Å². The quantitative estimate of drug-likeness (QED) is 0.322. The van der Waals surface area contributed by atoms with Gasteiger partial charge in [0, 0.05) is 16.8 Å². The van der Waals surface area contributed by atoms with E-state index in [0.29, 0.717) is 5.69 Å². The van der Waals surface area contributed by atoms with Crippen molar-refractivity contribution in [3.63, 3.8) is 0 Å². The maximum Gasteiger partial charge on any atom is 0.416 e. The Bertz CT molecular complexity index is 1190. The van der Waals surface area contributed by atoms with Gasteiger partial charge < -0.3 is 5.32 Å². The molecule has 0 radical (unpaired) electrons. The Morgan fingerprint density at radius 1 is 0.548 bits per heavy atom. The predicted molar refractivity (Wildman–Crippen MR) is 109 cm³/mol. The molecule has 0 fully saturated rings. The third-order valence-corrected chi connectivity index (χ3v) is 4.87. The van der Waals surface area contributed by atoms with E-state index in [2.05, 4.69) is 5.32 Å². The average Bonchev–Trinajstić information content (AvgIpc) is 2.73. The summed E-state index contributed by atoms with van der Waals surface area (Å²) >= 11 is 0. The van der Waals surface area contributed by atoms with Crippen LogP contribution in [-0.4, -0.2) is 0 Å². The van der Waals surface area contributed by atoms with Crippen molar-refractivity contribution in [2.24, 2.45) is 0 Å². The zero-order valence-electron chi connectivity index (χ0n) is 15.9. The largest absolute Gasteiger partial charge is 0.416 e. The summed E-state index contributed by atoms with van der Waals surface area (Å²) < 4.78 is 78.7. The molecule has 31 heavy (non-hydrogen) atoms. The van der Waals surface area contributed by atoms with E-state index in [1.165, 1.54) is 12.1 Å². The standard InChI is InChI=1S/C24H15F6N/c25-23(26,27)18-12-17(13-19(14-18)24(28,29)30)15-8-10-20(11-9-15)31-22-7-3-5-16-4-1-2-6-21(16)22/h1-14,31H. The van der Waals surface area contributed by atoms with Crippen LogP contribution in [0.2, 0.25) is 0 Å². The smallest absolute Gasteiger partial charge is 0.355 e. The Morgan fingerprint density at radius 3 is 1.74 bits per heavy atom. The van der Waals surface area contributed by atoms with Gasteiger partial charge in [-0.05, 0) is 52.9 Å². The van der Waals surface area contributed by atoms with Gasteiger partial charge in [0.05, 0.1) is 11.1 Å². The number of fused-ring (bicyclic) bond motifs is 1. The molecular formula is C24H15F6N. The normalized spacial score (nSPS) is 12.2. The molecule has 1 nitrogen and oxygen atoms in total. The van der Waals surface area contributed by atoms with Gasteiger partial charge >= 0.3 is 12.4 Å². The Labute approximate surface area is 174 Å². The number of halogens is 6. The molecule has 0 atom stereocenters. The lowest BCUT2D eigenvalue weighted by atomic mass is 9.99. The molecule has 0 saturated carbocycles. The fourth-order valence-electron chi connectivity index (χ4n) is 3.36. The highest BCUT2D eigenvalue weighted by molar-refractivity contribution is 5.95. The topological polar surface area (TPSA) is 12.0 Å². The van der Waals surface area contributed by atoms with Crippen molar-refractivity contribution in [1.82, 2.24) is 0 Å². The Balaban J connectivity index is 1.68. The minimum Gasteiger partial charge on any atom is -0.355 e. The molecule has 0 unspecified atom stereocenters. The highest BCUT2D eigenvalue weighted by Gasteiger charge is 2.37. The van der Waals surface area contributed by atoms with Crippen LogP contribution in [0.15, 0.2) is 84.9 Å². The first-order valence-corrected chi connectivity index (χ1v) is 9.26. The van der Waals surface area contributed by atoms with Gasteiger partial charge in [0.1, 0.15) is 0 Å². The summed E-state index contributed by atoms with van der Waals surface area (Å²) in [4.78, 5) is 0. The molecule has 0 heterocycles. The second-order valence-corrected chi connectivity index (χ2v) is 7.02. The van der Waals surface area contributed by atoms with Gasteiger partial charge in [-0.1, -0.05) is 48.5 Å². The monoisotopic (exact) mass is 431 g/mol. The third-order valence-electron chi connectivity index (χ3n) is 4.87. The van der Waals surface area contributed by atoms with Crippen LogP contribution in [-0.2, 0) is 12.4 Å². The van der Waals surface area contributed by atoms with Crippen molar-refractivity contribution in [3.05, 3.63) is 96.1 Å². The molecule has 0 aliphatic rings. The van der Waals surface area contributed by atoms with E-state index in [9.17, 15) is 26.3 Å². The van der Waals surface area contributed by atoms with Crippen LogP contribution in [0.1, 0.15) is 11.1 Å². The lowest BCUT2D eigenvalue weighted by molar-refractivity contribution is -0.143. The fraction of sp³-hybridized carbons (Fsp3) is 0.0833. The summed E-state index contributed by atoms with van der Waals surface area (Å²) in [6.07, 6.45) is -9.77. The summed E-state index contributed by atoms with van der Waals surface area (Å²) in [7, 11) is 0. The minimum atomic E-state index is -4.88. The van der Waals surface area contributed by atoms with Gasteiger partial charge in [0.25, 0.3) is 0 Å². The van der Waals surface area contributed by atoms with E-state index in [1.807, 2.05) is 42.5 Å². The van der Waals surface area contributed by atoms with Gasteiger partial charge in [-0.25, -0.2) is 0 Å². The molecule has 0 amide bonds. The first-order chi connectivity index (χ1) is 14.6. The number of hydrogen-bond acceptors (Lipinski definition) is 1. The SMILES string of the molecule is FC(F)(F)c1cc(-c2ccc(Nc3cccc4ccccc34)cc2)cc(C(F)(F)F)c1. The van der Waals surface area contributed by atoms with Crippen LogP contribution < -0.4 is 5.32 Å². The van der Waals surface area contributed by atoms with Crippen LogP contribution in [0.4, 0.5) is 37.7 Å². The molecule has 0 bridgehead atoms. The van der Waals surface area contributed by atoms with Crippen molar-refractivity contribution in [1.29, 1.82) is 0 Å². The maximum atomic E-state index is 13.1. The number of nitrogens with one attached hydrogen (secondary N) is 1. The molecule has 158 valence electrons. The van der Waals surface area contributed by atoms with E-state index in [4.69, 9.17) is 0 Å². The van der Waals surface area contributed by atoms with Crippen LogP contribution >= 0.6 is 0 Å². The Hall–Kier alpha value is -3.48. The van der Waals surface area contributed by atoms with E-state index >= 15 is 0 Å². The van der Waals surface area contributed by atoms with E-state index < -0.39 is 23.5 Å². The zero-order chi connectivity index (χ0) is 22.2. The van der Waals surface area contributed by atoms with Gasteiger partial charge in [0.15, 0.2) is 0 Å². The maximum absolute atomic E-state index is 13.1. The van der Waals surface area contributed by atoms with E-state index in [1.54, 1.807) is 12.1 Å². The number of anilines is 2. The zero-order valence-corrected chi connectivity index (χ0v) is 15.9. The molecular weight excluding hydrogens is 416 g/mol. The fourth-order valence-corrected chi connectivity index (χ4v) is 3.36. The van der Waals surface area contributed by atoms with Crippen molar-refractivity contribution < 1.29 is 26.3 Å². The number of hydrogen-bond donors (Lipinski definition) is 1. The number of alkyl halides is 6. The summed E-state index contributed by atoms with van der Waals surface area (Å²) in [5.74, 6) is 0. The summed E-state index contributed by atoms with van der Waals surface area (Å²) in [5.41, 5.74) is -1.09. The van der Waals surface area contributed by atoms with Crippen molar-refractivity contribution in [2.45, 2.75) is 12.4 Å². The van der Waals surface area contributed by atoms with Gasteiger partial charge in [-0.15, -0.1) is 0 Å². The second-order valence-electron chi connectivity index (χ2n) is 7.02. The molecule has 0 aliphatic heterocycles. The molecule has 0 saturated heterocycles. The molecule has 1 N–H and O–H groups in total. The molecule has 4 aromatic carbocycles. The average molecular weight is 431 g/mol. The predicted octanol–water partition coefficient (Wildman–Crippen LogP) is 8.29. The number of benzene rings is 4. The molecule has 4 aromatic rings. The summed E-state index contributed by atoms with van der Waals surface area (Å²) in [6, 6.07) is 21.3. The first-order valence-electron chi connectivity index (χ1n) is 9.26. The number of rotatable bonds is 3. The highest BCUT2D eigenvalue weighted by atomic mass is 19.4. The molecule has 4 rings (SSSR count). The van der Waals surface area contributed by atoms with Crippen LogP contribution in [0, 0.1) is 0 Å². The van der Waals surface area contributed by atoms with E-state index in [-0.39, 0.29) is 17.2 Å². The lowest BCUT2D eigenvalue weighted by Gasteiger charge is -2.15. The lowest BCUT2D eigenvalue weighted by Crippen LogP contribution is -2.11. The van der Waals surface area contributed by atoms with Crippen molar-refractivity contribution in [3.8, 4) is 11.1 Å². The van der Waals surface area contributed by atoms with Crippen LogP contribution in [0.25, 0.3) is 21.9 Å². The Morgan fingerprint density at radius 2 is 1.13 bits per heavy atom. The molecule has 0 aliphatic carbocycles. The first kappa shape index (κ1) is 20.8. The van der Waals surface area contributed by atoms with Crippen molar-refractivity contribution in [2.75, 3.05) is 5.32 Å². The second kappa shape index (κ2) is 7.65. The highest BCUT2D eigenvalue weighted by Crippen LogP contribution is 2.39.